The van der Waals surface area contributed by atoms with E-state index in [0.717, 1.165) is 36.3 Å². The van der Waals surface area contributed by atoms with Crippen molar-refractivity contribution in [1.29, 1.82) is 5.41 Å². The molecule has 3 aliphatic rings. The fraction of sp³-hybridized carbons (Fsp3) is 0.551. The van der Waals surface area contributed by atoms with E-state index >= 15 is 33.6 Å². The number of carbonyl (C=O) groups is 17. The van der Waals surface area contributed by atoms with Gasteiger partial charge >= 0.3 is 0 Å². The van der Waals surface area contributed by atoms with Crippen molar-refractivity contribution < 1.29 is 96.8 Å². The van der Waals surface area contributed by atoms with E-state index in [1.165, 1.54) is 59.3 Å². The maximum atomic E-state index is 15.8. The first-order chi connectivity index (χ1) is 63.1. The Kier molecular flexibility index (Phi) is 39.7. The van der Waals surface area contributed by atoms with E-state index in [9.17, 15) is 63.3 Å². The lowest BCUT2D eigenvalue weighted by Crippen LogP contribution is -2.62. The summed E-state index contributed by atoms with van der Waals surface area (Å²) < 4.78 is 0. The van der Waals surface area contributed by atoms with E-state index in [1.54, 1.807) is 74.8 Å². The number of primary amides is 2. The number of aliphatic hydroxyl groups excluding tert-OH is 2. The number of thioether (sulfide) groups is 1. The van der Waals surface area contributed by atoms with Crippen LogP contribution in [0.4, 0.5) is 0 Å². The number of aliphatic hydroxyl groups is 2. The largest absolute Gasteiger partial charge is 0.508 e. The van der Waals surface area contributed by atoms with Crippen LogP contribution < -0.4 is 81.4 Å². The Labute approximate surface area is 774 Å². The van der Waals surface area contributed by atoms with Crippen molar-refractivity contribution in [3.8, 4) is 5.75 Å². The molecule has 1 unspecified atom stereocenters. The summed E-state index contributed by atoms with van der Waals surface area (Å²) in [5.74, 6) is -18.2. The standard InChI is InChI=1S/C89H129N23O20S/c1-10-12-25-67-80(124)100-59(24-18-32-95-89(93)94)77(121)106-66(76(120)98-43-72(92)117)45-133-46-73(118)99-62(35-50-28-30-53(114)31-29-50)84(128)108(7)48(5)75(119)102-64(39-71(91)116)86(130)111-33-19-27-68(111)81(125)105-65(40-90)79(123)103-61(34-47(3)4)87(131)112-44-54(115)38-70(112)82(126)101-60(36-51-41-96-57-22-16-14-20-55(51)57)78(122)107-74(49(6)113)83(127)104-63(37-52-42-97-58-23-17-15-21-56(52)58)85(129)110(9)69(26-13-11-2)88(132)109(67)8/h14-17,20-23,28-31,41-42,47-49,54,59-70,74,96-97,113-115H,10-13,18-19,24-27,32-40,43-46,90H2,1-9H3,(H2,91,116)(H2,92,117)(H,98,120)(H,99,118)(H,100,124)(H,101,126)(H,102,119)(H,103,123)(H,104,127)(H,105,125)(H,106,121)(H,107,122)(H4,93,94,95)/t48-,49+,54+,59-,60-,61-,62-,63-,64?,65-,66-,67-,68-,69-,70-,74-/m0/s1. The predicted octanol–water partition coefficient (Wildman–Crippen LogP) is -3.55. The van der Waals surface area contributed by atoms with Gasteiger partial charge in [0.15, 0.2) is 5.96 Å². The lowest BCUT2D eigenvalue weighted by Gasteiger charge is -2.36. The number of rotatable bonds is 25. The molecule has 0 radical (unpaired) electrons. The average Bonchev–Trinajstić information content (AvgIpc) is 1.76. The van der Waals surface area contributed by atoms with Gasteiger partial charge in [-0.2, -0.15) is 0 Å². The molecular weight excluding hydrogens is 1740 g/mol. The van der Waals surface area contributed by atoms with E-state index in [0.29, 0.717) is 64.2 Å². The number of phenolic OH excluding ortho intramolecular Hbond substituents is 1. The number of nitrogens with one attached hydrogen (secondary N) is 14. The molecule has 5 heterocycles. The summed E-state index contributed by atoms with van der Waals surface area (Å²) in [7, 11) is 3.89. The van der Waals surface area contributed by atoms with Gasteiger partial charge in [0.05, 0.1) is 30.9 Å². The summed E-state index contributed by atoms with van der Waals surface area (Å²) in [6, 6.07) is -2.37. The Morgan fingerprint density at radius 1 is 0.549 bits per heavy atom. The number of hydrogen-bond acceptors (Lipinski definition) is 23. The monoisotopic (exact) mass is 1870 g/mol. The van der Waals surface area contributed by atoms with Crippen LogP contribution in [-0.2, 0) is 101 Å². The van der Waals surface area contributed by atoms with Gasteiger partial charge < -0.3 is 131 Å². The molecule has 3 aliphatic heterocycles. The zero-order chi connectivity index (χ0) is 97.8. The molecule has 3 fully saturated rings. The maximum absolute atomic E-state index is 15.8. The van der Waals surface area contributed by atoms with E-state index in [4.69, 9.17) is 28.3 Å². The van der Waals surface area contributed by atoms with Crippen molar-refractivity contribution in [1.82, 2.24) is 93.0 Å². The number of phenols is 1. The van der Waals surface area contributed by atoms with Crippen molar-refractivity contribution in [2.24, 2.45) is 28.9 Å². The molecule has 3 aromatic carbocycles. The molecule has 0 saturated carbocycles. The summed E-state index contributed by atoms with van der Waals surface area (Å²) >= 11 is 0.759. The SMILES string of the molecule is CCCC[C@H]1C(=O)N(C)[C@@H](CCCC)C(=O)N[C@@H](CCCNC(=N)N)C(=O)N[C@H](C(=O)NCC(N)=O)CSCC(=O)N[C@@H](Cc2ccc(O)cc2)C(=O)N(C)[C@@H](C)C(=O)NC(CC(N)=O)C(=O)N2CCC[C@H]2C(=O)N[C@@H](CN)C(=O)N[C@@H](CC(C)C)C(=O)N2C[C@H](O)C[C@H]2C(=O)N[C@@H](Cc2c[nH]c3ccccc23)C(=O)N[C@@H]([C@@H](C)O)C(=O)N[C@@H](Cc2c[nH]c3ccccc23)C(=O)N1C. The van der Waals surface area contributed by atoms with E-state index in [-0.39, 0.29) is 89.0 Å². The molecule has 133 heavy (non-hydrogen) atoms. The molecule has 0 aliphatic carbocycles. The van der Waals surface area contributed by atoms with Crippen LogP contribution in [0.15, 0.2) is 85.2 Å². The maximum Gasteiger partial charge on any atom is 0.246 e. The molecule has 726 valence electrons. The van der Waals surface area contributed by atoms with Crippen LogP contribution in [0.1, 0.15) is 142 Å². The van der Waals surface area contributed by atoms with Gasteiger partial charge in [0.2, 0.25) is 100 Å². The molecule has 44 heteroatoms. The van der Waals surface area contributed by atoms with Gasteiger partial charge in [0.1, 0.15) is 90.3 Å². The third-order valence-electron chi connectivity index (χ3n) is 23.8. The molecular formula is C89H129N23O20S. The Morgan fingerprint density at radius 3 is 1.68 bits per heavy atom. The van der Waals surface area contributed by atoms with Crippen LogP contribution in [0.3, 0.4) is 0 Å². The van der Waals surface area contributed by atoms with Crippen LogP contribution in [0, 0.1) is 11.3 Å². The van der Waals surface area contributed by atoms with Crippen molar-refractivity contribution in [3.05, 3.63) is 102 Å². The van der Waals surface area contributed by atoms with Crippen molar-refractivity contribution in [2.45, 2.75) is 241 Å². The fourth-order valence-electron chi connectivity index (χ4n) is 16.4. The first kappa shape index (κ1) is 105. The van der Waals surface area contributed by atoms with Crippen LogP contribution in [0.25, 0.3) is 21.8 Å². The number of unbranched alkanes of at least 4 members (excludes halogenated alkanes) is 2. The summed E-state index contributed by atoms with van der Waals surface area (Å²) in [5, 5.41) is 71.2. The topological polar surface area (TPSA) is 659 Å². The molecule has 5 aromatic rings. The second-order valence-corrected chi connectivity index (χ2v) is 35.4. The number of hydrogen-bond donors (Lipinski definition) is 21. The second kappa shape index (κ2) is 50.0. The summed E-state index contributed by atoms with van der Waals surface area (Å²) in [5.41, 5.74) is 25.6. The van der Waals surface area contributed by atoms with E-state index in [1.807, 2.05) is 13.8 Å². The minimum atomic E-state index is -1.92. The number of para-hydroxylation sites is 2. The first-order valence-electron chi connectivity index (χ1n) is 44.7. The molecule has 2 aromatic heterocycles. The number of H-pyrrole nitrogens is 2. The molecule has 0 bridgehead atoms. The highest BCUT2D eigenvalue weighted by atomic mass is 32.2. The number of nitrogens with zero attached hydrogens (tertiary/aromatic N) is 5. The van der Waals surface area contributed by atoms with Gasteiger partial charge in [-0.15, -0.1) is 11.8 Å². The van der Waals surface area contributed by atoms with Crippen LogP contribution in [-0.4, -0.2) is 318 Å². The van der Waals surface area contributed by atoms with Gasteiger partial charge in [0.25, 0.3) is 0 Å². The van der Waals surface area contributed by atoms with Crippen LogP contribution in [0.5, 0.6) is 5.75 Å². The molecule has 8 rings (SSSR count). The van der Waals surface area contributed by atoms with Crippen molar-refractivity contribution >= 4 is 140 Å². The molecule has 0 spiro atoms. The van der Waals surface area contributed by atoms with E-state index in [2.05, 4.69) is 68.5 Å². The molecule has 16 atom stereocenters. The number of nitrogens with two attached hydrogens (primary N) is 4. The summed E-state index contributed by atoms with van der Waals surface area (Å²) in [6.07, 6.45) is -0.522. The van der Waals surface area contributed by atoms with E-state index < -0.39 is 247 Å². The molecule has 17 amide bonds. The summed E-state index contributed by atoms with van der Waals surface area (Å²) in [6.45, 7) is 7.68. The number of carbonyl (C=O) groups excluding carboxylic acids is 17. The second-order valence-electron chi connectivity index (χ2n) is 34.4. The van der Waals surface area contributed by atoms with Gasteiger partial charge in [-0.1, -0.05) is 102 Å². The lowest BCUT2D eigenvalue weighted by molar-refractivity contribution is -0.149. The Hall–Kier alpha value is -13.0. The third kappa shape index (κ3) is 29.5. The molecule has 3 saturated heterocycles. The Balaban J connectivity index is 1.20. The number of aromatic hydroxyl groups is 1. The van der Waals surface area contributed by atoms with Crippen molar-refractivity contribution in [2.75, 3.05) is 65.4 Å². The lowest BCUT2D eigenvalue weighted by atomic mass is 9.99. The Morgan fingerprint density at radius 2 is 1.08 bits per heavy atom. The van der Waals surface area contributed by atoms with Crippen LogP contribution in [0.2, 0.25) is 0 Å². The number of benzene rings is 3. The quantitative estimate of drug-likeness (QED) is 0.0153. The average molecular weight is 1870 g/mol. The Bertz CT molecular complexity index is 4990. The van der Waals surface area contributed by atoms with Gasteiger partial charge in [-0.3, -0.25) is 86.9 Å². The molecule has 43 nitrogen and oxygen atoms in total. The van der Waals surface area contributed by atoms with Crippen LogP contribution >= 0.6 is 11.8 Å². The van der Waals surface area contributed by atoms with Gasteiger partial charge in [-0.05, 0) is 106 Å². The molecule has 25 N–H and O–H groups in total. The number of likely N-dealkylation sites (N-methyl/N-ethyl adjacent to an activating group) is 3. The number of aromatic nitrogens is 2. The number of amides is 17. The number of guanidine groups is 1. The minimum Gasteiger partial charge on any atom is -0.508 e. The third-order valence-corrected chi connectivity index (χ3v) is 24.9. The van der Waals surface area contributed by atoms with Gasteiger partial charge in [0, 0.05) is 113 Å². The first-order valence-corrected chi connectivity index (χ1v) is 45.9. The summed E-state index contributed by atoms with van der Waals surface area (Å²) in [4.78, 5) is 261. The predicted molar refractivity (Wildman–Crippen MR) is 491 cm³/mol. The minimum absolute atomic E-state index is 0.0146. The zero-order valence-electron chi connectivity index (χ0n) is 76.4. The zero-order valence-corrected chi connectivity index (χ0v) is 77.2. The smallest absolute Gasteiger partial charge is 0.246 e. The van der Waals surface area contributed by atoms with Crippen molar-refractivity contribution in [3.63, 3.8) is 0 Å². The number of aromatic amines is 2. The normalized spacial score (nSPS) is 25.2. The highest BCUT2D eigenvalue weighted by Gasteiger charge is 2.47. The highest BCUT2D eigenvalue weighted by Crippen LogP contribution is 2.28. The highest BCUT2D eigenvalue weighted by molar-refractivity contribution is 8.00. The fourth-order valence-corrected chi connectivity index (χ4v) is 17.2. The van der Waals surface area contributed by atoms with Gasteiger partial charge in [-0.25, -0.2) is 0 Å². The number of fused-ring (bicyclic) bond motifs is 4.